The van der Waals surface area contributed by atoms with Crippen LogP contribution >= 0.6 is 11.6 Å². The molecule has 0 spiro atoms. The summed E-state index contributed by atoms with van der Waals surface area (Å²) in [6, 6.07) is 13.3. The monoisotopic (exact) mass is 438 g/mol. The van der Waals surface area contributed by atoms with E-state index in [2.05, 4.69) is 5.32 Å². The number of anilines is 2. The second-order valence-corrected chi connectivity index (χ2v) is 6.76. The lowest BCUT2D eigenvalue weighted by Gasteiger charge is -2.23. The lowest BCUT2D eigenvalue weighted by molar-refractivity contribution is -0.139. The Kier molecular flexibility index (Phi) is 6.89. The summed E-state index contributed by atoms with van der Waals surface area (Å²) in [5.41, 5.74) is 1.61. The van der Waals surface area contributed by atoms with Crippen LogP contribution in [0.15, 0.2) is 84.2 Å². The van der Waals surface area contributed by atoms with Gasteiger partial charge in [0.2, 0.25) is 0 Å². The van der Waals surface area contributed by atoms with Crippen LogP contribution in [0, 0.1) is 0 Å². The summed E-state index contributed by atoms with van der Waals surface area (Å²) in [6.45, 7) is 0. The van der Waals surface area contributed by atoms with E-state index in [0.29, 0.717) is 22.0 Å². The molecule has 0 fully saturated rings. The molecule has 8 heteroatoms. The molecule has 1 amide bonds. The molecule has 3 rings (SSSR count). The van der Waals surface area contributed by atoms with Crippen LogP contribution in [-0.2, 0) is 19.1 Å². The minimum absolute atomic E-state index is 0.00212. The Morgan fingerprint density at radius 2 is 1.52 bits per heavy atom. The first-order valence-electron chi connectivity index (χ1n) is 9.16. The van der Waals surface area contributed by atoms with Gasteiger partial charge in [0, 0.05) is 28.2 Å². The highest BCUT2D eigenvalue weighted by Gasteiger charge is 2.27. The normalized spacial score (nSPS) is 12.9. The molecule has 0 saturated heterocycles. The van der Waals surface area contributed by atoms with Gasteiger partial charge in [-0.1, -0.05) is 17.7 Å². The minimum Gasteiger partial charge on any atom is -0.465 e. The van der Waals surface area contributed by atoms with E-state index in [1.807, 2.05) is 0 Å². The summed E-state index contributed by atoms with van der Waals surface area (Å²) >= 11 is 5.86. The number of nitrogens with one attached hydrogen (secondary N) is 1. The van der Waals surface area contributed by atoms with E-state index in [-0.39, 0.29) is 17.2 Å². The van der Waals surface area contributed by atoms with Gasteiger partial charge in [-0.3, -0.25) is 4.79 Å². The molecule has 0 atom stereocenters. The van der Waals surface area contributed by atoms with Crippen LogP contribution in [0.3, 0.4) is 0 Å². The fourth-order valence-corrected chi connectivity index (χ4v) is 3.00. The minimum atomic E-state index is -0.707. The van der Waals surface area contributed by atoms with Gasteiger partial charge in [0.15, 0.2) is 0 Å². The first-order chi connectivity index (χ1) is 14.9. The predicted octanol–water partition coefficient (Wildman–Crippen LogP) is 4.08. The summed E-state index contributed by atoms with van der Waals surface area (Å²) in [6.07, 6.45) is 6.37. The van der Waals surface area contributed by atoms with E-state index >= 15 is 0 Å². The van der Waals surface area contributed by atoms with Crippen molar-refractivity contribution < 1.29 is 23.9 Å². The smallest absolute Gasteiger partial charge is 0.355 e. The molecular weight excluding hydrogens is 420 g/mol. The average molecular weight is 439 g/mol. The predicted molar refractivity (Wildman–Crippen MR) is 118 cm³/mol. The second kappa shape index (κ2) is 9.77. The van der Waals surface area contributed by atoms with E-state index < -0.39 is 11.9 Å². The standard InChI is InChI=1S/C23H19ClN2O5/c1-30-22(28)19-5-3-4-14-26(20(19)23(29)31-2)18-12-6-15(7-13-18)21(27)25-17-10-8-16(24)9-11-17/h3-14H,1-2H3,(H,25,27). The zero-order valence-electron chi connectivity index (χ0n) is 16.8. The third-order valence-corrected chi connectivity index (χ3v) is 4.65. The molecule has 1 heterocycles. The maximum atomic E-state index is 12.5. The first-order valence-corrected chi connectivity index (χ1v) is 9.54. The van der Waals surface area contributed by atoms with Crippen molar-refractivity contribution in [3.8, 4) is 0 Å². The highest BCUT2D eigenvalue weighted by atomic mass is 35.5. The summed E-state index contributed by atoms with van der Waals surface area (Å²) in [5, 5.41) is 3.35. The van der Waals surface area contributed by atoms with Gasteiger partial charge < -0.3 is 19.7 Å². The van der Waals surface area contributed by atoms with Gasteiger partial charge in [-0.25, -0.2) is 9.59 Å². The Balaban J connectivity index is 1.90. The zero-order chi connectivity index (χ0) is 22.4. The van der Waals surface area contributed by atoms with E-state index in [1.165, 1.54) is 25.2 Å². The molecule has 0 aliphatic carbocycles. The second-order valence-electron chi connectivity index (χ2n) is 6.32. The number of allylic oxidation sites excluding steroid dienone is 2. The number of rotatable bonds is 5. The van der Waals surface area contributed by atoms with Crippen LogP contribution < -0.4 is 10.2 Å². The fraction of sp³-hybridized carbons (Fsp3) is 0.0870. The van der Waals surface area contributed by atoms with Gasteiger partial charge in [0.05, 0.1) is 19.8 Å². The molecule has 0 bridgehead atoms. The van der Waals surface area contributed by atoms with Gasteiger partial charge in [-0.15, -0.1) is 0 Å². The third kappa shape index (κ3) is 5.02. The molecule has 7 nitrogen and oxygen atoms in total. The Labute approximate surface area is 184 Å². The van der Waals surface area contributed by atoms with Crippen molar-refractivity contribution in [1.82, 2.24) is 0 Å². The van der Waals surface area contributed by atoms with Gasteiger partial charge >= 0.3 is 11.9 Å². The van der Waals surface area contributed by atoms with Crippen molar-refractivity contribution in [3.05, 3.63) is 94.8 Å². The number of carbonyl (C=O) groups excluding carboxylic acids is 3. The van der Waals surface area contributed by atoms with E-state index in [0.717, 1.165) is 0 Å². The summed E-state index contributed by atoms with van der Waals surface area (Å²) in [7, 11) is 2.46. The highest BCUT2D eigenvalue weighted by Crippen LogP contribution is 2.27. The largest absolute Gasteiger partial charge is 0.465 e. The molecule has 31 heavy (non-hydrogen) atoms. The van der Waals surface area contributed by atoms with Crippen LogP contribution in [0.4, 0.5) is 11.4 Å². The maximum Gasteiger partial charge on any atom is 0.355 e. The SMILES string of the molecule is COC(=O)C1=C(C(=O)OC)N(c2ccc(C(=O)Nc3ccc(Cl)cc3)cc2)C=CC=C1. The maximum absolute atomic E-state index is 12.5. The molecule has 158 valence electrons. The number of amides is 1. The number of halogens is 1. The van der Waals surface area contributed by atoms with Crippen molar-refractivity contribution in [2.45, 2.75) is 0 Å². The van der Waals surface area contributed by atoms with Crippen molar-refractivity contribution >= 4 is 40.8 Å². The number of carbonyl (C=O) groups is 3. The topological polar surface area (TPSA) is 84.9 Å². The van der Waals surface area contributed by atoms with Gasteiger partial charge in [0.25, 0.3) is 5.91 Å². The third-order valence-electron chi connectivity index (χ3n) is 4.40. The van der Waals surface area contributed by atoms with Crippen LogP contribution in [-0.4, -0.2) is 32.1 Å². The summed E-state index contributed by atoms with van der Waals surface area (Å²) in [4.78, 5) is 38.7. The Morgan fingerprint density at radius 1 is 0.871 bits per heavy atom. The lowest BCUT2D eigenvalue weighted by atomic mass is 10.1. The van der Waals surface area contributed by atoms with Crippen LogP contribution in [0.1, 0.15) is 10.4 Å². The van der Waals surface area contributed by atoms with Crippen LogP contribution in [0.5, 0.6) is 0 Å². The molecule has 0 radical (unpaired) electrons. The number of hydrogen-bond donors (Lipinski definition) is 1. The van der Waals surface area contributed by atoms with Gasteiger partial charge in [0.1, 0.15) is 5.70 Å². The van der Waals surface area contributed by atoms with Crippen LogP contribution in [0.2, 0.25) is 5.02 Å². The molecule has 2 aromatic rings. The number of nitrogens with zero attached hydrogens (tertiary/aromatic N) is 1. The van der Waals surface area contributed by atoms with Crippen molar-refractivity contribution in [2.75, 3.05) is 24.4 Å². The van der Waals surface area contributed by atoms with E-state index in [9.17, 15) is 14.4 Å². The lowest BCUT2D eigenvalue weighted by Crippen LogP contribution is -2.27. The quantitative estimate of drug-likeness (QED) is 0.708. The number of ether oxygens (including phenoxy) is 2. The zero-order valence-corrected chi connectivity index (χ0v) is 17.6. The molecule has 1 aliphatic rings. The van der Waals surface area contributed by atoms with Crippen molar-refractivity contribution in [3.63, 3.8) is 0 Å². The molecule has 1 aliphatic heterocycles. The van der Waals surface area contributed by atoms with Gasteiger partial charge in [-0.2, -0.15) is 0 Å². The number of hydrogen-bond acceptors (Lipinski definition) is 6. The molecule has 0 unspecified atom stereocenters. The number of benzene rings is 2. The molecule has 2 aromatic carbocycles. The fourth-order valence-electron chi connectivity index (χ4n) is 2.88. The molecule has 0 aromatic heterocycles. The van der Waals surface area contributed by atoms with Crippen LogP contribution in [0.25, 0.3) is 0 Å². The molecule has 1 N–H and O–H groups in total. The molecule has 0 saturated carbocycles. The first kappa shape index (κ1) is 21.9. The highest BCUT2D eigenvalue weighted by molar-refractivity contribution is 6.30. The van der Waals surface area contributed by atoms with Gasteiger partial charge in [-0.05, 0) is 60.7 Å². The molecular formula is C23H19ClN2O5. The van der Waals surface area contributed by atoms with E-state index in [1.54, 1.807) is 66.9 Å². The van der Waals surface area contributed by atoms with E-state index in [4.69, 9.17) is 21.1 Å². The Bertz CT molecular complexity index is 1090. The summed E-state index contributed by atoms with van der Waals surface area (Å²) in [5.74, 6) is -1.69. The number of esters is 2. The van der Waals surface area contributed by atoms with Crippen molar-refractivity contribution in [1.29, 1.82) is 0 Å². The van der Waals surface area contributed by atoms with Crippen molar-refractivity contribution in [2.24, 2.45) is 0 Å². The average Bonchev–Trinajstić information content (AvgIpc) is 3.02. The Hall–Kier alpha value is -3.84. The summed E-state index contributed by atoms with van der Waals surface area (Å²) < 4.78 is 9.67. The Morgan fingerprint density at radius 3 is 2.13 bits per heavy atom. The number of methoxy groups -OCH3 is 2.